The predicted molar refractivity (Wildman–Crippen MR) is 73.9 cm³/mol. The summed E-state index contributed by atoms with van der Waals surface area (Å²) in [5, 5.41) is 5.29. The SMILES string of the molecule is O=C(CNc1ccccc1S(=O)(=O)C(F)F)NCC1CC1. The van der Waals surface area contributed by atoms with Gasteiger partial charge in [-0.25, -0.2) is 8.42 Å². The van der Waals surface area contributed by atoms with E-state index in [0.717, 1.165) is 18.9 Å². The average molecular weight is 318 g/mol. The van der Waals surface area contributed by atoms with Crippen molar-refractivity contribution in [3.8, 4) is 0 Å². The highest BCUT2D eigenvalue weighted by atomic mass is 32.2. The minimum Gasteiger partial charge on any atom is -0.375 e. The molecule has 0 heterocycles. The van der Waals surface area contributed by atoms with Gasteiger partial charge in [0.25, 0.3) is 0 Å². The molecular formula is C13H16F2N2O3S. The fourth-order valence-corrected chi connectivity index (χ4v) is 2.68. The van der Waals surface area contributed by atoms with Crippen molar-refractivity contribution in [2.75, 3.05) is 18.4 Å². The lowest BCUT2D eigenvalue weighted by atomic mass is 10.3. The molecule has 0 atom stereocenters. The van der Waals surface area contributed by atoms with Crippen LogP contribution in [0.4, 0.5) is 14.5 Å². The molecule has 0 spiro atoms. The monoisotopic (exact) mass is 318 g/mol. The highest BCUT2D eigenvalue weighted by Gasteiger charge is 2.29. The fraction of sp³-hybridized carbons (Fsp3) is 0.462. The van der Waals surface area contributed by atoms with Crippen LogP contribution >= 0.6 is 0 Å². The molecule has 116 valence electrons. The van der Waals surface area contributed by atoms with Gasteiger partial charge < -0.3 is 10.6 Å². The molecule has 8 heteroatoms. The van der Waals surface area contributed by atoms with E-state index in [4.69, 9.17) is 0 Å². The van der Waals surface area contributed by atoms with E-state index in [9.17, 15) is 22.0 Å². The van der Waals surface area contributed by atoms with Crippen molar-refractivity contribution in [3.05, 3.63) is 24.3 Å². The molecule has 1 aromatic carbocycles. The van der Waals surface area contributed by atoms with E-state index < -0.39 is 20.5 Å². The number of sulfone groups is 1. The van der Waals surface area contributed by atoms with Crippen LogP contribution in [-0.4, -0.2) is 33.2 Å². The molecule has 1 amide bonds. The maximum absolute atomic E-state index is 12.6. The largest absolute Gasteiger partial charge is 0.375 e. The number of rotatable bonds is 7. The van der Waals surface area contributed by atoms with Crippen LogP contribution in [0.3, 0.4) is 0 Å². The second-order valence-corrected chi connectivity index (χ2v) is 6.79. The van der Waals surface area contributed by atoms with Crippen LogP contribution in [0.1, 0.15) is 12.8 Å². The van der Waals surface area contributed by atoms with E-state index in [2.05, 4.69) is 10.6 Å². The molecule has 1 saturated carbocycles. The summed E-state index contributed by atoms with van der Waals surface area (Å²) < 4.78 is 48.3. The molecule has 1 fully saturated rings. The van der Waals surface area contributed by atoms with Gasteiger partial charge in [-0.3, -0.25) is 4.79 Å². The fourth-order valence-electron chi connectivity index (χ4n) is 1.77. The summed E-state index contributed by atoms with van der Waals surface area (Å²) in [6, 6.07) is 5.30. The first-order chi connectivity index (χ1) is 9.91. The van der Waals surface area contributed by atoms with Crippen molar-refractivity contribution in [3.63, 3.8) is 0 Å². The Hall–Kier alpha value is -1.70. The zero-order valence-corrected chi connectivity index (χ0v) is 12.0. The molecule has 21 heavy (non-hydrogen) atoms. The Balaban J connectivity index is 2.01. The van der Waals surface area contributed by atoms with E-state index >= 15 is 0 Å². The first-order valence-electron chi connectivity index (χ1n) is 6.53. The summed E-state index contributed by atoms with van der Waals surface area (Å²) in [4.78, 5) is 11.1. The van der Waals surface area contributed by atoms with Crippen LogP contribution < -0.4 is 10.6 Å². The second kappa shape index (κ2) is 6.38. The molecule has 0 aliphatic heterocycles. The van der Waals surface area contributed by atoms with Gasteiger partial charge >= 0.3 is 5.76 Å². The van der Waals surface area contributed by atoms with Gasteiger partial charge in [-0.2, -0.15) is 8.78 Å². The van der Waals surface area contributed by atoms with E-state index in [1.807, 2.05) is 0 Å². The molecule has 0 bridgehead atoms. The number of alkyl halides is 2. The number of para-hydroxylation sites is 1. The maximum Gasteiger partial charge on any atom is 0.341 e. The lowest BCUT2D eigenvalue weighted by molar-refractivity contribution is -0.119. The summed E-state index contributed by atoms with van der Waals surface area (Å²) >= 11 is 0. The topological polar surface area (TPSA) is 75.3 Å². The number of amides is 1. The Morgan fingerprint density at radius 3 is 2.57 bits per heavy atom. The molecule has 2 N–H and O–H groups in total. The number of carbonyl (C=O) groups is 1. The minimum absolute atomic E-state index is 0.000582. The molecule has 0 radical (unpaired) electrons. The van der Waals surface area contributed by atoms with Gasteiger partial charge in [-0.05, 0) is 30.9 Å². The second-order valence-electron chi connectivity index (χ2n) is 4.90. The standard InChI is InChI=1S/C13H16F2N2O3S/c14-13(15)21(19,20)11-4-2-1-3-10(11)16-8-12(18)17-7-9-5-6-9/h1-4,9,13,16H,5-8H2,(H,17,18). The molecule has 1 aliphatic carbocycles. The van der Waals surface area contributed by atoms with Crippen LogP contribution in [0.2, 0.25) is 0 Å². The van der Waals surface area contributed by atoms with Crippen molar-refractivity contribution in [1.29, 1.82) is 0 Å². The Labute approximate surface area is 121 Å². The van der Waals surface area contributed by atoms with Crippen molar-refractivity contribution in [2.45, 2.75) is 23.5 Å². The molecule has 0 unspecified atom stereocenters. The number of hydrogen-bond donors (Lipinski definition) is 2. The Morgan fingerprint density at radius 1 is 1.29 bits per heavy atom. The molecular weight excluding hydrogens is 302 g/mol. The number of hydrogen-bond acceptors (Lipinski definition) is 4. The highest BCUT2D eigenvalue weighted by Crippen LogP contribution is 2.27. The maximum atomic E-state index is 12.6. The van der Waals surface area contributed by atoms with Gasteiger partial charge in [-0.15, -0.1) is 0 Å². The van der Waals surface area contributed by atoms with Gasteiger partial charge in [0.05, 0.1) is 17.1 Å². The number of anilines is 1. The highest BCUT2D eigenvalue weighted by molar-refractivity contribution is 7.91. The number of nitrogens with one attached hydrogen (secondary N) is 2. The Kier molecular flexibility index (Phi) is 4.76. The van der Waals surface area contributed by atoms with Crippen LogP contribution in [0.15, 0.2) is 29.2 Å². The van der Waals surface area contributed by atoms with Gasteiger partial charge in [0, 0.05) is 6.54 Å². The van der Waals surface area contributed by atoms with Gasteiger partial charge in [0.1, 0.15) is 0 Å². The van der Waals surface area contributed by atoms with Gasteiger partial charge in [0.2, 0.25) is 15.7 Å². The first kappa shape index (κ1) is 15.7. The third-order valence-electron chi connectivity index (χ3n) is 3.15. The Morgan fingerprint density at radius 2 is 1.95 bits per heavy atom. The smallest absolute Gasteiger partial charge is 0.341 e. The lowest BCUT2D eigenvalue weighted by Gasteiger charge is -2.12. The van der Waals surface area contributed by atoms with Crippen molar-refractivity contribution in [1.82, 2.24) is 5.32 Å². The number of benzene rings is 1. The third-order valence-corrected chi connectivity index (χ3v) is 4.59. The van der Waals surface area contributed by atoms with Gasteiger partial charge in [-0.1, -0.05) is 12.1 Å². The molecule has 5 nitrogen and oxygen atoms in total. The summed E-state index contributed by atoms with van der Waals surface area (Å²) in [5.41, 5.74) is -0.000582. The lowest BCUT2D eigenvalue weighted by Crippen LogP contribution is -2.31. The normalized spacial score (nSPS) is 15.0. The summed E-state index contributed by atoms with van der Waals surface area (Å²) in [6.45, 7) is 0.431. The van der Waals surface area contributed by atoms with Gasteiger partial charge in [0.15, 0.2) is 0 Å². The van der Waals surface area contributed by atoms with Crippen LogP contribution in [-0.2, 0) is 14.6 Å². The molecule has 1 aromatic rings. The summed E-state index contributed by atoms with van der Waals surface area (Å²) in [7, 11) is -4.70. The van der Waals surface area contributed by atoms with Crippen molar-refractivity contribution in [2.24, 2.45) is 5.92 Å². The first-order valence-corrected chi connectivity index (χ1v) is 8.07. The third kappa shape index (κ3) is 4.13. The molecule has 1 aliphatic rings. The summed E-state index contributed by atoms with van der Waals surface area (Å²) in [6.07, 6.45) is 2.20. The van der Waals surface area contributed by atoms with E-state index in [1.54, 1.807) is 0 Å². The zero-order chi connectivity index (χ0) is 15.5. The van der Waals surface area contributed by atoms with Crippen LogP contribution in [0.25, 0.3) is 0 Å². The van der Waals surface area contributed by atoms with E-state index in [1.165, 1.54) is 18.2 Å². The van der Waals surface area contributed by atoms with Crippen LogP contribution in [0, 0.1) is 5.92 Å². The molecule has 2 rings (SSSR count). The van der Waals surface area contributed by atoms with Crippen LogP contribution in [0.5, 0.6) is 0 Å². The molecule has 0 aromatic heterocycles. The number of halogens is 2. The minimum atomic E-state index is -4.70. The van der Waals surface area contributed by atoms with Crippen molar-refractivity contribution >= 4 is 21.4 Å². The number of carbonyl (C=O) groups excluding carboxylic acids is 1. The van der Waals surface area contributed by atoms with E-state index in [0.29, 0.717) is 12.5 Å². The Bertz CT molecular complexity index is 616. The average Bonchev–Trinajstić information content (AvgIpc) is 3.27. The summed E-state index contributed by atoms with van der Waals surface area (Å²) in [5.74, 6) is -3.27. The molecule has 0 saturated heterocycles. The zero-order valence-electron chi connectivity index (χ0n) is 11.2. The van der Waals surface area contributed by atoms with Crippen molar-refractivity contribution < 1.29 is 22.0 Å². The van der Waals surface area contributed by atoms with E-state index in [-0.39, 0.29) is 18.1 Å². The predicted octanol–water partition coefficient (Wildman–Crippen LogP) is 1.62. The quantitative estimate of drug-likeness (QED) is 0.801.